The Balaban J connectivity index is 1.71. The number of hydrogen-bond donors (Lipinski definition) is 1. The lowest BCUT2D eigenvalue weighted by Gasteiger charge is -2.15. The first-order chi connectivity index (χ1) is 15.6. The minimum atomic E-state index is -4.94. The summed E-state index contributed by atoms with van der Waals surface area (Å²) in [5.74, 6) is -0.855. The number of halogens is 5. The molecule has 0 saturated carbocycles. The maximum absolute atomic E-state index is 13.9. The maximum atomic E-state index is 13.9. The standard InChI is InChI=1S/C19H14ClF4N7O2/c20-12-5-3-11(4-6-12)16-28-30(18(33)29(16)8-14(32)19(22,23)24)9-15-26-10-31(27-15)17-13(21)2-1-7-25-17/h1-7,10,14,32H,8-9H2/t14-/m0/s1. The zero-order chi connectivity index (χ0) is 23.8. The molecule has 3 aromatic heterocycles. The van der Waals surface area contributed by atoms with Crippen molar-refractivity contribution in [3.05, 3.63) is 76.1 Å². The topological polar surface area (TPSA) is 104 Å². The molecular formula is C19H14ClF4N7O2. The van der Waals surface area contributed by atoms with Crippen molar-refractivity contribution in [1.29, 1.82) is 0 Å². The van der Waals surface area contributed by atoms with Gasteiger partial charge in [0.25, 0.3) is 0 Å². The van der Waals surface area contributed by atoms with Crippen molar-refractivity contribution >= 4 is 11.6 Å². The molecule has 0 bridgehead atoms. The van der Waals surface area contributed by atoms with E-state index in [4.69, 9.17) is 11.6 Å². The molecule has 0 spiro atoms. The highest BCUT2D eigenvalue weighted by atomic mass is 35.5. The summed E-state index contributed by atoms with van der Waals surface area (Å²) >= 11 is 5.86. The summed E-state index contributed by atoms with van der Waals surface area (Å²) in [6, 6.07) is 8.49. The summed E-state index contributed by atoms with van der Waals surface area (Å²) in [4.78, 5) is 20.7. The quantitative estimate of drug-likeness (QED) is 0.423. The van der Waals surface area contributed by atoms with Gasteiger partial charge >= 0.3 is 11.9 Å². The smallest absolute Gasteiger partial charge is 0.382 e. The van der Waals surface area contributed by atoms with Crippen LogP contribution in [-0.2, 0) is 13.1 Å². The predicted molar refractivity (Wildman–Crippen MR) is 107 cm³/mol. The molecule has 0 aliphatic carbocycles. The maximum Gasteiger partial charge on any atom is 0.416 e. The van der Waals surface area contributed by atoms with Gasteiger partial charge in [-0.25, -0.2) is 23.8 Å². The molecule has 0 unspecified atom stereocenters. The molecule has 4 rings (SSSR count). The van der Waals surface area contributed by atoms with Crippen molar-refractivity contribution in [1.82, 2.24) is 34.1 Å². The van der Waals surface area contributed by atoms with Crippen LogP contribution in [0.1, 0.15) is 5.82 Å². The van der Waals surface area contributed by atoms with Crippen LogP contribution in [0.2, 0.25) is 5.02 Å². The number of nitrogens with zero attached hydrogens (tertiary/aromatic N) is 7. The molecule has 0 aliphatic heterocycles. The molecule has 0 aliphatic rings. The van der Waals surface area contributed by atoms with Gasteiger partial charge in [0.2, 0.25) is 0 Å². The van der Waals surface area contributed by atoms with Crippen molar-refractivity contribution in [3.63, 3.8) is 0 Å². The molecule has 0 amide bonds. The zero-order valence-corrected chi connectivity index (χ0v) is 17.2. The molecule has 172 valence electrons. The number of benzene rings is 1. The van der Waals surface area contributed by atoms with E-state index in [1.165, 1.54) is 48.9 Å². The van der Waals surface area contributed by atoms with Gasteiger partial charge in [0, 0.05) is 16.8 Å². The van der Waals surface area contributed by atoms with Crippen LogP contribution < -0.4 is 5.69 Å². The monoisotopic (exact) mass is 483 g/mol. The third-order valence-electron chi connectivity index (χ3n) is 4.55. The van der Waals surface area contributed by atoms with E-state index in [1.54, 1.807) is 0 Å². The fourth-order valence-electron chi connectivity index (χ4n) is 2.95. The molecule has 3 heterocycles. The van der Waals surface area contributed by atoms with Crippen molar-refractivity contribution in [2.75, 3.05) is 0 Å². The van der Waals surface area contributed by atoms with E-state index in [1.807, 2.05) is 0 Å². The van der Waals surface area contributed by atoms with E-state index in [9.17, 15) is 27.5 Å². The minimum Gasteiger partial charge on any atom is -0.382 e. The second kappa shape index (κ2) is 8.75. The first-order valence-electron chi connectivity index (χ1n) is 9.33. The van der Waals surface area contributed by atoms with Crippen LogP contribution in [0.25, 0.3) is 17.2 Å². The SMILES string of the molecule is O=c1n(Cc2ncn(-c3ncccc3F)n2)nc(-c2ccc(Cl)cc2)n1C[C@H](O)C(F)(F)F. The van der Waals surface area contributed by atoms with Crippen molar-refractivity contribution in [2.24, 2.45) is 0 Å². The lowest BCUT2D eigenvalue weighted by molar-refractivity contribution is -0.207. The lowest BCUT2D eigenvalue weighted by Crippen LogP contribution is -2.37. The Morgan fingerprint density at radius 1 is 1.09 bits per heavy atom. The van der Waals surface area contributed by atoms with E-state index in [-0.39, 0.29) is 24.0 Å². The van der Waals surface area contributed by atoms with Gasteiger partial charge in [0.1, 0.15) is 12.9 Å². The van der Waals surface area contributed by atoms with Crippen molar-refractivity contribution in [2.45, 2.75) is 25.4 Å². The average molecular weight is 484 g/mol. The van der Waals surface area contributed by atoms with Crippen LogP contribution in [-0.4, -0.2) is 51.5 Å². The number of aliphatic hydroxyl groups is 1. The molecule has 1 aromatic carbocycles. The molecule has 33 heavy (non-hydrogen) atoms. The highest BCUT2D eigenvalue weighted by Gasteiger charge is 2.39. The molecule has 14 heteroatoms. The number of aromatic nitrogens is 7. The summed E-state index contributed by atoms with van der Waals surface area (Å²) in [6.45, 7) is -1.39. The van der Waals surface area contributed by atoms with Crippen LogP contribution in [0.15, 0.2) is 53.7 Å². The number of pyridine rings is 1. The Kier molecular flexibility index (Phi) is 5.99. The number of aliphatic hydroxyl groups excluding tert-OH is 1. The van der Waals surface area contributed by atoms with E-state index < -0.39 is 30.3 Å². The summed E-state index contributed by atoms with van der Waals surface area (Å²) < 4.78 is 55.3. The number of alkyl halides is 3. The van der Waals surface area contributed by atoms with Crippen LogP contribution >= 0.6 is 11.6 Å². The largest absolute Gasteiger partial charge is 0.416 e. The molecule has 1 N–H and O–H groups in total. The van der Waals surface area contributed by atoms with E-state index >= 15 is 0 Å². The third-order valence-corrected chi connectivity index (χ3v) is 4.80. The van der Waals surface area contributed by atoms with E-state index in [0.717, 1.165) is 9.36 Å². The lowest BCUT2D eigenvalue weighted by atomic mass is 10.2. The van der Waals surface area contributed by atoms with Gasteiger partial charge in [-0.2, -0.15) is 17.9 Å². The Morgan fingerprint density at radius 3 is 2.48 bits per heavy atom. The van der Waals surface area contributed by atoms with Crippen LogP contribution in [0, 0.1) is 5.82 Å². The molecule has 0 fully saturated rings. The van der Waals surface area contributed by atoms with Gasteiger partial charge in [-0.15, -0.1) is 10.2 Å². The second-order valence-corrected chi connectivity index (χ2v) is 7.29. The Bertz CT molecular complexity index is 1330. The molecule has 4 aromatic rings. The first kappa shape index (κ1) is 22.6. The highest BCUT2D eigenvalue weighted by molar-refractivity contribution is 6.30. The molecule has 1 atom stereocenters. The van der Waals surface area contributed by atoms with Crippen molar-refractivity contribution in [3.8, 4) is 17.2 Å². The van der Waals surface area contributed by atoms with Crippen LogP contribution in [0.5, 0.6) is 0 Å². The van der Waals surface area contributed by atoms with E-state index in [2.05, 4.69) is 20.2 Å². The summed E-state index contributed by atoms with van der Waals surface area (Å²) in [7, 11) is 0. The van der Waals surface area contributed by atoms with E-state index in [0.29, 0.717) is 15.2 Å². The number of hydrogen-bond acceptors (Lipinski definition) is 6. The second-order valence-electron chi connectivity index (χ2n) is 6.85. The molecule has 9 nitrogen and oxygen atoms in total. The van der Waals surface area contributed by atoms with Gasteiger partial charge in [-0.05, 0) is 36.4 Å². The number of rotatable bonds is 6. The van der Waals surface area contributed by atoms with Gasteiger partial charge in [-0.1, -0.05) is 11.6 Å². The Labute approximate surface area is 187 Å². The van der Waals surface area contributed by atoms with Gasteiger partial charge in [-0.3, -0.25) is 4.57 Å². The van der Waals surface area contributed by atoms with Gasteiger partial charge in [0.05, 0.1) is 6.54 Å². The fraction of sp³-hybridized carbons (Fsp3) is 0.211. The molecular weight excluding hydrogens is 470 g/mol. The Morgan fingerprint density at radius 2 is 1.82 bits per heavy atom. The predicted octanol–water partition coefficient (Wildman–Crippen LogP) is 2.45. The van der Waals surface area contributed by atoms with Crippen LogP contribution in [0.4, 0.5) is 17.6 Å². The fourth-order valence-corrected chi connectivity index (χ4v) is 3.08. The molecule has 0 saturated heterocycles. The normalized spacial score (nSPS) is 12.8. The Hall–Kier alpha value is -3.58. The average Bonchev–Trinajstić information content (AvgIpc) is 3.34. The highest BCUT2D eigenvalue weighted by Crippen LogP contribution is 2.24. The third kappa shape index (κ3) is 4.78. The zero-order valence-electron chi connectivity index (χ0n) is 16.5. The summed E-state index contributed by atoms with van der Waals surface area (Å²) in [5.41, 5.74) is -0.623. The van der Waals surface area contributed by atoms with Crippen LogP contribution in [0.3, 0.4) is 0 Å². The van der Waals surface area contributed by atoms with Gasteiger partial charge < -0.3 is 5.11 Å². The summed E-state index contributed by atoms with van der Waals surface area (Å²) in [6.07, 6.45) is -5.19. The minimum absolute atomic E-state index is 0.0332. The summed E-state index contributed by atoms with van der Waals surface area (Å²) in [5, 5.41) is 18.0. The van der Waals surface area contributed by atoms with Gasteiger partial charge in [0.15, 0.2) is 29.4 Å². The molecule has 0 radical (unpaired) electrons. The first-order valence-corrected chi connectivity index (χ1v) is 9.71. The van der Waals surface area contributed by atoms with Crippen molar-refractivity contribution < 1.29 is 22.7 Å².